The first kappa shape index (κ1) is 15.3. The average Bonchev–Trinajstić information content (AvgIpc) is 2.27. The highest BCUT2D eigenvalue weighted by molar-refractivity contribution is 6.32. The number of amides is 1. The maximum Gasteiger partial charge on any atom is 0.407 e. The van der Waals surface area contributed by atoms with Gasteiger partial charge >= 0.3 is 6.09 Å². The van der Waals surface area contributed by atoms with E-state index in [2.05, 4.69) is 20.6 Å². The Morgan fingerprint density at radius 1 is 1.47 bits per heavy atom. The molecule has 1 rings (SSSR count). The molecule has 106 valence electrons. The Balaban J connectivity index is 2.34. The quantitative estimate of drug-likeness (QED) is 0.727. The molecule has 0 aliphatic carbocycles. The Kier molecular flexibility index (Phi) is 5.17. The molecule has 0 unspecified atom stereocenters. The van der Waals surface area contributed by atoms with E-state index in [-0.39, 0.29) is 10.8 Å². The Labute approximate surface area is 115 Å². The van der Waals surface area contributed by atoms with Gasteiger partial charge in [0, 0.05) is 13.1 Å². The minimum Gasteiger partial charge on any atom is -0.444 e. The number of aromatic nitrogens is 2. The molecule has 0 saturated carbocycles. The Hall–Kier alpha value is -1.76. The van der Waals surface area contributed by atoms with Crippen molar-refractivity contribution in [3.63, 3.8) is 0 Å². The summed E-state index contributed by atoms with van der Waals surface area (Å²) in [4.78, 5) is 28.7. The number of rotatable bonds is 4. The second-order valence-corrected chi connectivity index (χ2v) is 5.13. The van der Waals surface area contributed by atoms with Crippen LogP contribution < -0.4 is 16.2 Å². The highest BCUT2D eigenvalue weighted by Gasteiger charge is 2.15. The van der Waals surface area contributed by atoms with E-state index in [1.54, 1.807) is 20.8 Å². The monoisotopic (exact) mass is 288 g/mol. The van der Waals surface area contributed by atoms with Crippen LogP contribution in [0.1, 0.15) is 20.8 Å². The number of nitrogens with zero attached hydrogens (tertiary/aromatic N) is 1. The van der Waals surface area contributed by atoms with E-state index in [0.717, 1.165) is 0 Å². The number of anilines is 1. The SMILES string of the molecule is CC(C)(C)OC(=O)NCCNc1nc[nH]c(=O)c1Cl. The molecule has 0 aliphatic heterocycles. The molecule has 0 spiro atoms. The van der Waals surface area contributed by atoms with Crippen LogP contribution in [0.25, 0.3) is 0 Å². The van der Waals surface area contributed by atoms with Gasteiger partial charge in [-0.05, 0) is 20.8 Å². The molecule has 0 aromatic carbocycles. The third-order valence-electron chi connectivity index (χ3n) is 1.88. The lowest BCUT2D eigenvalue weighted by Crippen LogP contribution is -2.35. The number of aromatic amines is 1. The van der Waals surface area contributed by atoms with Crippen molar-refractivity contribution in [3.05, 3.63) is 21.7 Å². The van der Waals surface area contributed by atoms with Crippen molar-refractivity contribution in [1.82, 2.24) is 15.3 Å². The van der Waals surface area contributed by atoms with Gasteiger partial charge in [0.25, 0.3) is 5.56 Å². The number of nitrogens with one attached hydrogen (secondary N) is 3. The minimum atomic E-state index is -0.533. The van der Waals surface area contributed by atoms with Gasteiger partial charge in [0.05, 0.1) is 6.33 Å². The van der Waals surface area contributed by atoms with E-state index in [0.29, 0.717) is 13.1 Å². The van der Waals surface area contributed by atoms with Crippen molar-refractivity contribution >= 4 is 23.5 Å². The number of ether oxygens (including phenoxy) is 1. The maximum absolute atomic E-state index is 11.3. The smallest absolute Gasteiger partial charge is 0.407 e. The highest BCUT2D eigenvalue weighted by Crippen LogP contribution is 2.11. The van der Waals surface area contributed by atoms with Gasteiger partial charge in [0.15, 0.2) is 5.82 Å². The van der Waals surface area contributed by atoms with Gasteiger partial charge in [-0.3, -0.25) is 4.79 Å². The number of alkyl carbamates (subject to hydrolysis) is 1. The van der Waals surface area contributed by atoms with Gasteiger partial charge in [-0.25, -0.2) is 9.78 Å². The molecule has 0 bridgehead atoms. The van der Waals surface area contributed by atoms with Crippen molar-refractivity contribution in [2.45, 2.75) is 26.4 Å². The van der Waals surface area contributed by atoms with Crippen LogP contribution in [0.15, 0.2) is 11.1 Å². The van der Waals surface area contributed by atoms with Crippen molar-refractivity contribution in [2.24, 2.45) is 0 Å². The maximum atomic E-state index is 11.3. The largest absolute Gasteiger partial charge is 0.444 e. The topological polar surface area (TPSA) is 96.1 Å². The standard InChI is InChI=1S/C11H17ClN4O3/c1-11(2,3)19-10(18)14-5-4-13-8-7(12)9(17)16-6-15-8/h6H,4-5H2,1-3H3,(H,14,18)(H2,13,15,16,17). The molecule has 1 aromatic heterocycles. The predicted molar refractivity (Wildman–Crippen MR) is 72.6 cm³/mol. The van der Waals surface area contributed by atoms with Crippen molar-refractivity contribution in [3.8, 4) is 0 Å². The molecule has 8 heteroatoms. The molecule has 0 radical (unpaired) electrons. The van der Waals surface area contributed by atoms with Gasteiger partial charge in [0.2, 0.25) is 0 Å². The minimum absolute atomic E-state index is 0.0141. The lowest BCUT2D eigenvalue weighted by atomic mass is 10.2. The molecule has 1 amide bonds. The molecule has 3 N–H and O–H groups in total. The van der Waals surface area contributed by atoms with Crippen LogP contribution in [0.3, 0.4) is 0 Å². The molecule has 0 saturated heterocycles. The lowest BCUT2D eigenvalue weighted by Gasteiger charge is -2.19. The average molecular weight is 289 g/mol. The molecular formula is C11H17ClN4O3. The normalized spacial score (nSPS) is 10.9. The molecule has 1 heterocycles. The van der Waals surface area contributed by atoms with E-state index in [9.17, 15) is 9.59 Å². The second kappa shape index (κ2) is 6.42. The number of carbonyl (C=O) groups excluding carboxylic acids is 1. The van der Waals surface area contributed by atoms with Gasteiger partial charge in [0.1, 0.15) is 10.6 Å². The Morgan fingerprint density at radius 3 is 2.79 bits per heavy atom. The van der Waals surface area contributed by atoms with Crippen LogP contribution in [-0.4, -0.2) is 34.8 Å². The fraction of sp³-hybridized carbons (Fsp3) is 0.545. The van der Waals surface area contributed by atoms with E-state index in [1.807, 2.05) is 0 Å². The van der Waals surface area contributed by atoms with Crippen LogP contribution in [0, 0.1) is 0 Å². The van der Waals surface area contributed by atoms with E-state index < -0.39 is 17.3 Å². The summed E-state index contributed by atoms with van der Waals surface area (Å²) in [5.41, 5.74) is -0.950. The number of hydrogen-bond donors (Lipinski definition) is 3. The summed E-state index contributed by atoms with van der Waals surface area (Å²) in [5, 5.41) is 5.39. The second-order valence-electron chi connectivity index (χ2n) is 4.75. The fourth-order valence-electron chi connectivity index (χ4n) is 1.17. The van der Waals surface area contributed by atoms with Crippen molar-refractivity contribution in [1.29, 1.82) is 0 Å². The van der Waals surface area contributed by atoms with Crippen LogP contribution in [0.2, 0.25) is 5.02 Å². The molecule has 0 fully saturated rings. The first-order valence-corrected chi connectivity index (χ1v) is 6.11. The first-order valence-electron chi connectivity index (χ1n) is 5.73. The summed E-state index contributed by atoms with van der Waals surface area (Å²) in [6.45, 7) is 6.04. The highest BCUT2D eigenvalue weighted by atomic mass is 35.5. The summed E-state index contributed by atoms with van der Waals surface area (Å²) >= 11 is 5.74. The fourth-order valence-corrected chi connectivity index (χ4v) is 1.34. The molecule has 0 aliphatic rings. The van der Waals surface area contributed by atoms with Crippen LogP contribution in [0.4, 0.5) is 10.6 Å². The molecule has 0 atom stereocenters. The van der Waals surface area contributed by atoms with Gasteiger partial charge in [-0.2, -0.15) is 0 Å². The van der Waals surface area contributed by atoms with Crippen LogP contribution in [-0.2, 0) is 4.74 Å². The van der Waals surface area contributed by atoms with Gasteiger partial charge in [-0.1, -0.05) is 11.6 Å². The Bertz CT molecular complexity index is 495. The lowest BCUT2D eigenvalue weighted by molar-refractivity contribution is 0.0530. The van der Waals surface area contributed by atoms with Crippen molar-refractivity contribution in [2.75, 3.05) is 18.4 Å². The summed E-state index contributed by atoms with van der Waals surface area (Å²) in [7, 11) is 0. The Morgan fingerprint density at radius 2 is 2.16 bits per heavy atom. The number of hydrogen-bond acceptors (Lipinski definition) is 5. The zero-order valence-corrected chi connectivity index (χ0v) is 11.8. The summed E-state index contributed by atoms with van der Waals surface area (Å²) in [6, 6.07) is 0. The van der Waals surface area contributed by atoms with Crippen LogP contribution >= 0.6 is 11.6 Å². The van der Waals surface area contributed by atoms with Crippen molar-refractivity contribution < 1.29 is 9.53 Å². The van der Waals surface area contributed by atoms with E-state index in [1.165, 1.54) is 6.33 Å². The number of carbonyl (C=O) groups is 1. The van der Waals surface area contributed by atoms with Gasteiger partial charge in [-0.15, -0.1) is 0 Å². The zero-order valence-electron chi connectivity index (χ0n) is 11.0. The van der Waals surface area contributed by atoms with Gasteiger partial charge < -0.3 is 20.4 Å². The van der Waals surface area contributed by atoms with Crippen LogP contribution in [0.5, 0.6) is 0 Å². The third-order valence-corrected chi connectivity index (χ3v) is 2.23. The first-order chi connectivity index (χ1) is 8.79. The predicted octanol–water partition coefficient (Wildman–Crippen LogP) is 1.36. The summed E-state index contributed by atoms with van der Waals surface area (Å²) in [6.07, 6.45) is 0.747. The summed E-state index contributed by atoms with van der Waals surface area (Å²) in [5.74, 6) is 0.274. The summed E-state index contributed by atoms with van der Waals surface area (Å²) < 4.78 is 5.06. The van der Waals surface area contributed by atoms with E-state index in [4.69, 9.17) is 16.3 Å². The van der Waals surface area contributed by atoms with E-state index >= 15 is 0 Å². The third kappa shape index (κ3) is 5.60. The number of H-pyrrole nitrogens is 1. The zero-order chi connectivity index (χ0) is 14.5. The molecular weight excluding hydrogens is 272 g/mol. The number of halogens is 1. The molecule has 19 heavy (non-hydrogen) atoms. The molecule has 7 nitrogen and oxygen atoms in total. The molecule has 1 aromatic rings.